The molecule has 0 amide bonds. The fourth-order valence-corrected chi connectivity index (χ4v) is 2.33. The minimum atomic E-state index is -0.570. The number of nitrogens with zero attached hydrogens (tertiary/aromatic N) is 2. The third kappa shape index (κ3) is 3.97. The number of carbonyl (C=O) groups is 1. The van der Waals surface area contributed by atoms with Crippen molar-refractivity contribution in [3.63, 3.8) is 0 Å². The molecule has 0 radical (unpaired) electrons. The maximum atomic E-state index is 12.3. The Morgan fingerprint density at radius 3 is 2.04 bits per heavy atom. The molecule has 3 rings (SSSR count). The summed E-state index contributed by atoms with van der Waals surface area (Å²) in [6, 6.07) is 16.1. The van der Waals surface area contributed by atoms with E-state index in [1.165, 1.54) is 19.8 Å². The van der Waals surface area contributed by atoms with Crippen LogP contribution in [0.25, 0.3) is 11.3 Å². The molecule has 6 heteroatoms. The van der Waals surface area contributed by atoms with Crippen molar-refractivity contribution in [3.8, 4) is 28.6 Å². The quantitative estimate of drug-likeness (QED) is 0.654. The van der Waals surface area contributed by atoms with Gasteiger partial charge in [-0.1, -0.05) is 29.8 Å². The number of aromatic nitrogens is 2. The first-order chi connectivity index (χ1) is 12.6. The zero-order valence-electron chi connectivity index (χ0n) is 14.7. The molecule has 1 heterocycles. The van der Waals surface area contributed by atoms with Gasteiger partial charge in [0.1, 0.15) is 11.5 Å². The van der Waals surface area contributed by atoms with Gasteiger partial charge in [-0.25, -0.2) is 4.79 Å². The number of aryl methyl sites for hydroxylation is 1. The summed E-state index contributed by atoms with van der Waals surface area (Å²) in [4.78, 5) is 12.3. The largest absolute Gasteiger partial charge is 0.497 e. The Bertz CT molecular complexity index is 884. The van der Waals surface area contributed by atoms with Crippen LogP contribution in [-0.2, 0) is 0 Å². The predicted molar refractivity (Wildman–Crippen MR) is 96.7 cm³/mol. The van der Waals surface area contributed by atoms with Gasteiger partial charge in [-0.05, 0) is 25.1 Å². The molecular weight excluding hydrogens is 332 g/mol. The number of esters is 1. The third-order valence-electron chi connectivity index (χ3n) is 3.77. The molecule has 0 spiro atoms. The van der Waals surface area contributed by atoms with Crippen molar-refractivity contribution in [2.75, 3.05) is 14.2 Å². The van der Waals surface area contributed by atoms with E-state index in [4.69, 9.17) is 14.2 Å². The SMILES string of the molecule is COc1cc(OC)cc(C(=O)Oc2ccc(-c3ccc(C)cc3)nn2)c1. The molecule has 0 atom stereocenters. The van der Waals surface area contributed by atoms with Crippen LogP contribution in [0.4, 0.5) is 0 Å². The van der Waals surface area contributed by atoms with Crippen molar-refractivity contribution < 1.29 is 19.0 Å². The molecule has 0 aliphatic carbocycles. The number of rotatable bonds is 5. The molecule has 0 bridgehead atoms. The second-order valence-electron chi connectivity index (χ2n) is 5.61. The second-order valence-corrected chi connectivity index (χ2v) is 5.61. The van der Waals surface area contributed by atoms with Crippen molar-refractivity contribution in [1.29, 1.82) is 0 Å². The van der Waals surface area contributed by atoms with Crippen molar-refractivity contribution in [2.24, 2.45) is 0 Å². The van der Waals surface area contributed by atoms with Crippen LogP contribution in [0.3, 0.4) is 0 Å². The van der Waals surface area contributed by atoms with Crippen molar-refractivity contribution >= 4 is 5.97 Å². The lowest BCUT2D eigenvalue weighted by atomic mass is 10.1. The van der Waals surface area contributed by atoms with Crippen molar-refractivity contribution in [1.82, 2.24) is 10.2 Å². The van der Waals surface area contributed by atoms with Gasteiger partial charge in [-0.3, -0.25) is 0 Å². The fourth-order valence-electron chi connectivity index (χ4n) is 2.33. The third-order valence-corrected chi connectivity index (χ3v) is 3.77. The second kappa shape index (κ2) is 7.65. The number of carbonyl (C=O) groups excluding carboxylic acids is 1. The molecule has 0 saturated heterocycles. The van der Waals surface area contributed by atoms with E-state index in [2.05, 4.69) is 10.2 Å². The monoisotopic (exact) mass is 350 g/mol. The van der Waals surface area contributed by atoms with Crippen LogP contribution in [-0.4, -0.2) is 30.4 Å². The molecule has 1 aromatic heterocycles. The summed E-state index contributed by atoms with van der Waals surface area (Å²) < 4.78 is 15.6. The van der Waals surface area contributed by atoms with Gasteiger partial charge in [0.05, 0.1) is 25.5 Å². The standard InChI is InChI=1S/C20H18N2O4/c1-13-4-6-14(7-5-13)18-8-9-19(22-21-18)26-20(23)15-10-16(24-2)12-17(11-15)25-3/h4-12H,1-3H3. The van der Waals surface area contributed by atoms with Crippen LogP contribution in [0.1, 0.15) is 15.9 Å². The molecule has 6 nitrogen and oxygen atoms in total. The Hall–Kier alpha value is -3.41. The Kier molecular flexibility index (Phi) is 5.12. The van der Waals surface area contributed by atoms with Crippen LogP contribution in [0.15, 0.2) is 54.6 Å². The molecular formula is C20H18N2O4. The Morgan fingerprint density at radius 2 is 1.50 bits per heavy atom. The summed E-state index contributed by atoms with van der Waals surface area (Å²) in [6.45, 7) is 2.02. The van der Waals surface area contributed by atoms with E-state index in [0.717, 1.165) is 5.56 Å². The molecule has 3 aromatic rings. The van der Waals surface area contributed by atoms with Crippen LogP contribution in [0.5, 0.6) is 17.4 Å². The highest BCUT2D eigenvalue weighted by atomic mass is 16.5. The van der Waals surface area contributed by atoms with E-state index in [-0.39, 0.29) is 5.88 Å². The number of hydrogen-bond acceptors (Lipinski definition) is 6. The van der Waals surface area contributed by atoms with Gasteiger partial charge >= 0.3 is 5.97 Å². The highest BCUT2D eigenvalue weighted by Gasteiger charge is 2.13. The van der Waals surface area contributed by atoms with E-state index < -0.39 is 5.97 Å². The van der Waals surface area contributed by atoms with Crippen LogP contribution >= 0.6 is 0 Å². The van der Waals surface area contributed by atoms with Gasteiger partial charge in [-0.15, -0.1) is 10.2 Å². The number of methoxy groups -OCH3 is 2. The van der Waals surface area contributed by atoms with Gasteiger partial charge in [0.25, 0.3) is 0 Å². The highest BCUT2D eigenvalue weighted by molar-refractivity contribution is 5.91. The molecule has 0 unspecified atom stereocenters. The van der Waals surface area contributed by atoms with Gasteiger partial charge < -0.3 is 14.2 Å². The molecule has 2 aromatic carbocycles. The molecule has 132 valence electrons. The first-order valence-corrected chi connectivity index (χ1v) is 7.95. The summed E-state index contributed by atoms with van der Waals surface area (Å²) in [5.74, 6) is 0.543. The predicted octanol–water partition coefficient (Wildman–Crippen LogP) is 3.69. The van der Waals surface area contributed by atoms with E-state index in [1.807, 2.05) is 31.2 Å². The van der Waals surface area contributed by atoms with Gasteiger partial charge in [0, 0.05) is 17.7 Å². The van der Waals surface area contributed by atoms with Crippen LogP contribution in [0, 0.1) is 6.92 Å². The lowest BCUT2D eigenvalue weighted by Crippen LogP contribution is -2.10. The normalized spacial score (nSPS) is 10.3. The lowest BCUT2D eigenvalue weighted by Gasteiger charge is -2.08. The molecule has 0 saturated carbocycles. The molecule has 0 aliphatic rings. The van der Waals surface area contributed by atoms with Gasteiger partial charge in [-0.2, -0.15) is 0 Å². The summed E-state index contributed by atoms with van der Waals surface area (Å²) in [6.07, 6.45) is 0. The fraction of sp³-hybridized carbons (Fsp3) is 0.150. The smallest absolute Gasteiger partial charge is 0.345 e. The van der Waals surface area contributed by atoms with E-state index in [0.29, 0.717) is 22.8 Å². The average Bonchev–Trinajstić information content (AvgIpc) is 2.68. The van der Waals surface area contributed by atoms with E-state index in [9.17, 15) is 4.79 Å². The van der Waals surface area contributed by atoms with Gasteiger partial charge in [0.2, 0.25) is 5.88 Å². The van der Waals surface area contributed by atoms with E-state index >= 15 is 0 Å². The molecule has 0 N–H and O–H groups in total. The highest BCUT2D eigenvalue weighted by Crippen LogP contribution is 2.24. The Morgan fingerprint density at radius 1 is 0.846 bits per heavy atom. The molecule has 0 aliphatic heterocycles. The number of hydrogen-bond donors (Lipinski definition) is 0. The molecule has 0 fully saturated rings. The number of benzene rings is 2. The first kappa shape index (κ1) is 17.4. The first-order valence-electron chi connectivity index (χ1n) is 7.95. The summed E-state index contributed by atoms with van der Waals surface area (Å²) in [5, 5.41) is 8.09. The maximum Gasteiger partial charge on any atom is 0.345 e. The maximum absolute atomic E-state index is 12.3. The van der Waals surface area contributed by atoms with Crippen LogP contribution < -0.4 is 14.2 Å². The Labute approximate surface area is 151 Å². The molecule has 26 heavy (non-hydrogen) atoms. The minimum absolute atomic E-state index is 0.118. The summed E-state index contributed by atoms with van der Waals surface area (Å²) >= 11 is 0. The van der Waals surface area contributed by atoms with Gasteiger partial charge in [0.15, 0.2) is 0 Å². The lowest BCUT2D eigenvalue weighted by molar-refractivity contribution is 0.0725. The van der Waals surface area contributed by atoms with Crippen molar-refractivity contribution in [2.45, 2.75) is 6.92 Å². The topological polar surface area (TPSA) is 70.5 Å². The number of ether oxygens (including phenoxy) is 3. The summed E-state index contributed by atoms with van der Waals surface area (Å²) in [5.41, 5.74) is 3.11. The average molecular weight is 350 g/mol. The zero-order valence-corrected chi connectivity index (χ0v) is 14.7. The van der Waals surface area contributed by atoms with E-state index in [1.54, 1.807) is 30.3 Å². The summed E-state index contributed by atoms with van der Waals surface area (Å²) in [7, 11) is 3.03. The zero-order chi connectivity index (χ0) is 18.5. The van der Waals surface area contributed by atoms with Crippen molar-refractivity contribution in [3.05, 3.63) is 65.7 Å². The Balaban J connectivity index is 1.76. The minimum Gasteiger partial charge on any atom is -0.497 e. The van der Waals surface area contributed by atoms with Crippen LogP contribution in [0.2, 0.25) is 0 Å².